The zero-order valence-electron chi connectivity index (χ0n) is 13.7. The molecule has 0 heterocycles. The van der Waals surface area contributed by atoms with Crippen LogP contribution in [0.1, 0.15) is 37.8 Å². The summed E-state index contributed by atoms with van der Waals surface area (Å²) in [6, 6.07) is 8.07. The van der Waals surface area contributed by atoms with E-state index in [0.717, 1.165) is 30.5 Å². The van der Waals surface area contributed by atoms with Gasteiger partial charge in [-0.3, -0.25) is 13.7 Å². The van der Waals surface area contributed by atoms with E-state index in [1.165, 1.54) is 5.56 Å². The number of hydrogen-bond acceptors (Lipinski definition) is 5. The van der Waals surface area contributed by atoms with Crippen LogP contribution in [0.2, 0.25) is 0 Å². The Morgan fingerprint density at radius 2 is 2.00 bits per heavy atom. The van der Waals surface area contributed by atoms with Gasteiger partial charge in [-0.05, 0) is 38.7 Å². The Kier molecular flexibility index (Phi) is 6.58. The molecule has 5 nitrogen and oxygen atoms in total. The van der Waals surface area contributed by atoms with Crippen molar-refractivity contribution in [3.8, 4) is 0 Å². The van der Waals surface area contributed by atoms with Gasteiger partial charge in [0.2, 0.25) is 0 Å². The maximum atomic E-state index is 12.4. The molecule has 126 valence electrons. The number of aryl methyl sites for hydroxylation is 1. The molecule has 1 aliphatic carbocycles. The molecule has 0 bridgehead atoms. The molecule has 1 aliphatic rings. The number of fused-ring (bicyclic) bond motifs is 1. The van der Waals surface area contributed by atoms with E-state index in [4.69, 9.17) is 13.7 Å². The summed E-state index contributed by atoms with van der Waals surface area (Å²) < 4.78 is 27.9. The summed E-state index contributed by atoms with van der Waals surface area (Å²) in [5.74, 6) is 0.194. The minimum Gasteiger partial charge on any atom is -0.292 e. The van der Waals surface area contributed by atoms with Crippen molar-refractivity contribution >= 4 is 13.5 Å². The first kappa shape index (κ1) is 17.9. The second kappa shape index (κ2) is 8.44. The third-order valence-corrected chi connectivity index (χ3v) is 5.14. The molecule has 0 fully saturated rings. The van der Waals surface area contributed by atoms with Crippen LogP contribution in [0, 0.1) is 5.92 Å². The monoisotopic (exact) mass is 337 g/mol. The maximum absolute atomic E-state index is 12.4. The van der Waals surface area contributed by atoms with Crippen LogP contribution in [0.3, 0.4) is 0 Å². The Labute approximate surface area is 137 Å². The lowest BCUT2D eigenvalue weighted by atomic mass is 9.80. The van der Waals surface area contributed by atoms with Crippen LogP contribution >= 0.6 is 7.82 Å². The highest BCUT2D eigenvalue weighted by atomic mass is 31.2. The lowest BCUT2D eigenvalue weighted by molar-refractivity contribution is 0.124. The average Bonchev–Trinajstić information content (AvgIpc) is 2.54. The Bertz CT molecular complexity index is 604. The molecule has 0 N–H and O–H groups in total. The summed E-state index contributed by atoms with van der Waals surface area (Å²) in [5, 5.41) is 4.19. The molecule has 23 heavy (non-hydrogen) atoms. The smallest absolute Gasteiger partial charge is 0.292 e. The van der Waals surface area contributed by atoms with Crippen molar-refractivity contribution in [3.63, 3.8) is 0 Å². The van der Waals surface area contributed by atoms with Gasteiger partial charge < -0.3 is 0 Å². The van der Waals surface area contributed by atoms with Crippen molar-refractivity contribution in [2.75, 3.05) is 13.2 Å². The fourth-order valence-electron chi connectivity index (χ4n) is 2.72. The molecule has 6 heteroatoms. The summed E-state index contributed by atoms with van der Waals surface area (Å²) in [6.07, 6.45) is 4.62. The number of oxime groups is 1. The molecule has 1 atom stereocenters. The number of allylic oxidation sites excluding steroid dienone is 1. The zero-order valence-corrected chi connectivity index (χ0v) is 14.6. The molecule has 0 aliphatic heterocycles. The molecule has 0 radical (unpaired) electrons. The molecule has 0 amide bonds. The van der Waals surface area contributed by atoms with E-state index in [1.807, 2.05) is 24.3 Å². The number of rotatable bonds is 8. The molecule has 1 aromatic rings. The molecule has 0 saturated carbocycles. The van der Waals surface area contributed by atoms with Gasteiger partial charge in [0, 0.05) is 11.5 Å². The fourth-order valence-corrected chi connectivity index (χ4v) is 3.71. The summed E-state index contributed by atoms with van der Waals surface area (Å²) >= 11 is 0. The van der Waals surface area contributed by atoms with Gasteiger partial charge in [0.25, 0.3) is 0 Å². The number of nitrogens with zero attached hydrogens (tertiary/aromatic N) is 1. The van der Waals surface area contributed by atoms with E-state index < -0.39 is 7.82 Å². The van der Waals surface area contributed by atoms with Crippen LogP contribution in [-0.2, 0) is 24.7 Å². The minimum atomic E-state index is -3.66. The van der Waals surface area contributed by atoms with Crippen molar-refractivity contribution in [3.05, 3.63) is 48.0 Å². The molecule has 2 rings (SSSR count). The first-order chi connectivity index (χ1) is 11.1. The van der Waals surface area contributed by atoms with E-state index in [-0.39, 0.29) is 19.1 Å². The topological polar surface area (TPSA) is 57.1 Å². The van der Waals surface area contributed by atoms with Crippen LogP contribution in [0.5, 0.6) is 0 Å². The van der Waals surface area contributed by atoms with Gasteiger partial charge in [-0.2, -0.15) is 0 Å². The number of hydrogen-bond donors (Lipinski definition) is 0. The Morgan fingerprint density at radius 3 is 2.65 bits per heavy atom. The van der Waals surface area contributed by atoms with E-state index >= 15 is 0 Å². The lowest BCUT2D eigenvalue weighted by Gasteiger charge is -2.25. The molecule has 0 aromatic heterocycles. The van der Waals surface area contributed by atoms with Crippen molar-refractivity contribution in [1.29, 1.82) is 0 Å². The second-order valence-electron chi connectivity index (χ2n) is 5.26. The summed E-state index contributed by atoms with van der Waals surface area (Å²) in [5.41, 5.74) is 3.04. The van der Waals surface area contributed by atoms with Crippen LogP contribution in [-0.4, -0.2) is 18.9 Å². The predicted molar refractivity (Wildman–Crippen MR) is 91.5 cm³/mol. The minimum absolute atomic E-state index is 0.194. The molecule has 0 spiro atoms. The highest BCUT2D eigenvalue weighted by molar-refractivity contribution is 7.48. The number of phosphoric ester groups is 1. The van der Waals surface area contributed by atoms with Gasteiger partial charge in [-0.15, -0.1) is 6.58 Å². The van der Waals surface area contributed by atoms with Gasteiger partial charge in [0.05, 0.1) is 18.9 Å². The summed E-state index contributed by atoms with van der Waals surface area (Å²) in [6.45, 7) is 7.74. The first-order valence-corrected chi connectivity index (χ1v) is 9.44. The van der Waals surface area contributed by atoms with Gasteiger partial charge in [0.15, 0.2) is 0 Å². The van der Waals surface area contributed by atoms with Crippen LogP contribution < -0.4 is 0 Å². The van der Waals surface area contributed by atoms with Crippen LogP contribution in [0.4, 0.5) is 0 Å². The zero-order chi connectivity index (χ0) is 16.7. The van der Waals surface area contributed by atoms with E-state index in [9.17, 15) is 4.57 Å². The van der Waals surface area contributed by atoms with Crippen molar-refractivity contribution in [2.45, 2.75) is 33.1 Å². The van der Waals surface area contributed by atoms with E-state index in [1.54, 1.807) is 13.8 Å². The Hall–Kier alpha value is -1.42. The van der Waals surface area contributed by atoms with Gasteiger partial charge >= 0.3 is 7.82 Å². The first-order valence-electron chi connectivity index (χ1n) is 7.98. The SMILES string of the molecule is C=CCC1CCc2ccccc2/C1=N/OP(=O)(OCC)OCC. The predicted octanol–water partition coefficient (Wildman–Crippen LogP) is 4.73. The standard InChI is InChI=1S/C17H24NO4P/c1-4-9-15-13-12-14-10-7-8-11-16(14)17(15)18-22-23(19,20-5-2)21-6-3/h4,7-8,10-11,15H,1,5-6,9,12-13H2,2-3H3/b18-17+. The molecular weight excluding hydrogens is 313 g/mol. The largest absolute Gasteiger partial charge is 0.550 e. The summed E-state index contributed by atoms with van der Waals surface area (Å²) in [7, 11) is -3.66. The third-order valence-electron chi connectivity index (χ3n) is 3.71. The van der Waals surface area contributed by atoms with Crippen molar-refractivity contribution in [2.24, 2.45) is 11.1 Å². The van der Waals surface area contributed by atoms with Crippen molar-refractivity contribution in [1.82, 2.24) is 0 Å². The maximum Gasteiger partial charge on any atom is 0.550 e. The normalized spacial score (nSPS) is 19.4. The quantitative estimate of drug-likeness (QED) is 0.391. The van der Waals surface area contributed by atoms with Gasteiger partial charge in [-0.25, -0.2) is 4.57 Å². The highest BCUT2D eigenvalue weighted by Gasteiger charge is 2.30. The van der Waals surface area contributed by atoms with Crippen LogP contribution in [0.15, 0.2) is 42.1 Å². The molecular formula is C17H24NO4P. The number of benzene rings is 1. The highest BCUT2D eigenvalue weighted by Crippen LogP contribution is 2.50. The van der Waals surface area contributed by atoms with Crippen molar-refractivity contribution < 1.29 is 18.2 Å². The van der Waals surface area contributed by atoms with E-state index in [0.29, 0.717) is 0 Å². The average molecular weight is 337 g/mol. The Morgan fingerprint density at radius 1 is 1.30 bits per heavy atom. The third kappa shape index (κ3) is 4.54. The second-order valence-corrected chi connectivity index (χ2v) is 6.83. The summed E-state index contributed by atoms with van der Waals surface area (Å²) in [4.78, 5) is 0. The lowest BCUT2D eigenvalue weighted by Crippen LogP contribution is -2.23. The molecule has 1 unspecified atom stereocenters. The Balaban J connectivity index is 2.31. The van der Waals surface area contributed by atoms with Gasteiger partial charge in [-0.1, -0.05) is 35.5 Å². The van der Waals surface area contributed by atoms with E-state index in [2.05, 4.69) is 17.8 Å². The van der Waals surface area contributed by atoms with Crippen LogP contribution in [0.25, 0.3) is 0 Å². The molecule has 1 aromatic carbocycles. The molecule has 0 saturated heterocycles. The number of phosphoric acid groups is 1. The fraction of sp³-hybridized carbons (Fsp3) is 0.471. The van der Waals surface area contributed by atoms with Gasteiger partial charge in [0.1, 0.15) is 0 Å².